The topological polar surface area (TPSA) is 9.23 Å². The zero-order chi connectivity index (χ0) is 18.9. The molecule has 0 atom stereocenters. The maximum atomic E-state index is 14.3. The maximum Gasteiger partial charge on any atom is 3.00 e. The number of ether oxygens (including phenoxy) is 1. The average molecular weight is 458 g/mol. The van der Waals surface area contributed by atoms with Crippen LogP contribution in [0.15, 0.2) is 30.3 Å². The van der Waals surface area contributed by atoms with Crippen LogP contribution in [0, 0.1) is 29.4 Å². The van der Waals surface area contributed by atoms with Gasteiger partial charge in [0, 0.05) is 11.6 Å². The molecule has 1 aliphatic rings. The Hall–Kier alpha value is -1.01. The van der Waals surface area contributed by atoms with Crippen LogP contribution in [0.25, 0.3) is 0 Å². The smallest absolute Gasteiger partial charge is 0.455 e. The molecule has 0 N–H and O–H groups in total. The van der Waals surface area contributed by atoms with E-state index in [1.807, 2.05) is 0 Å². The summed E-state index contributed by atoms with van der Waals surface area (Å²) in [5.74, 6) is -3.69. The van der Waals surface area contributed by atoms with Crippen molar-refractivity contribution in [3.8, 4) is 5.75 Å². The van der Waals surface area contributed by atoms with E-state index in [0.717, 1.165) is 49.9 Å². The van der Waals surface area contributed by atoms with E-state index in [9.17, 15) is 22.0 Å². The minimum Gasteiger partial charge on any atom is -0.455 e. The number of alkyl halides is 2. The van der Waals surface area contributed by atoms with Crippen LogP contribution in [0.2, 0.25) is 0 Å². The Morgan fingerprint density at radius 1 is 1.00 bits per heavy atom. The standard InChI is InChI=1S/C20H18F5O.Y/c1-12-5-7-13(8-6-12)14-9-17(22)19(18(23)10-14)20(24,25)26-16-4-2-3-15(21)11-16;/h2,4,9-13H,5-8H2,1H3;/q-1;+3. The molecule has 1 nitrogen and oxygen atoms in total. The van der Waals surface area contributed by atoms with Gasteiger partial charge in [-0.25, -0.2) is 13.2 Å². The molecule has 0 unspecified atom stereocenters. The van der Waals surface area contributed by atoms with Crippen LogP contribution in [0.5, 0.6) is 5.75 Å². The third-order valence-corrected chi connectivity index (χ3v) is 4.83. The Bertz CT molecular complexity index is 765. The van der Waals surface area contributed by atoms with Gasteiger partial charge < -0.3 is 4.74 Å². The zero-order valence-electron chi connectivity index (χ0n) is 14.7. The molecule has 0 aromatic heterocycles. The molecule has 0 saturated heterocycles. The van der Waals surface area contributed by atoms with Gasteiger partial charge in [0.15, 0.2) is 0 Å². The molecule has 2 aromatic carbocycles. The van der Waals surface area contributed by atoms with E-state index in [0.29, 0.717) is 17.5 Å². The van der Waals surface area contributed by atoms with E-state index in [1.165, 1.54) is 0 Å². The normalized spacial score (nSPS) is 20.1. The van der Waals surface area contributed by atoms with Crippen LogP contribution in [-0.2, 0) is 38.8 Å². The molecule has 0 heterocycles. The van der Waals surface area contributed by atoms with E-state index in [-0.39, 0.29) is 38.6 Å². The Morgan fingerprint density at radius 3 is 2.15 bits per heavy atom. The van der Waals surface area contributed by atoms with Gasteiger partial charge in [-0.05, 0) is 42.4 Å². The van der Waals surface area contributed by atoms with Gasteiger partial charge in [-0.15, -0.1) is 12.1 Å². The van der Waals surface area contributed by atoms with Gasteiger partial charge in [0.2, 0.25) is 0 Å². The third-order valence-electron chi connectivity index (χ3n) is 4.83. The minimum absolute atomic E-state index is 0. The van der Waals surface area contributed by atoms with Crippen LogP contribution in [0.4, 0.5) is 22.0 Å². The van der Waals surface area contributed by atoms with Crippen molar-refractivity contribution in [2.24, 2.45) is 5.92 Å². The third kappa shape index (κ3) is 5.29. The van der Waals surface area contributed by atoms with E-state index >= 15 is 0 Å². The average Bonchev–Trinajstić information content (AvgIpc) is 2.54. The molecule has 0 aliphatic heterocycles. The fourth-order valence-corrected chi connectivity index (χ4v) is 3.38. The molecule has 7 heteroatoms. The SMILES string of the molecule is CC1CCC(c2cc(F)c(C(F)(F)Oc3cc[c-]c(F)c3)c(F)c2)CC1.[Y+3]. The van der Waals surface area contributed by atoms with E-state index < -0.39 is 34.9 Å². The Labute approximate surface area is 180 Å². The first-order chi connectivity index (χ1) is 12.3. The molecule has 0 radical (unpaired) electrons. The predicted octanol–water partition coefficient (Wildman–Crippen LogP) is 6.32. The van der Waals surface area contributed by atoms with Crippen molar-refractivity contribution in [1.29, 1.82) is 0 Å². The van der Waals surface area contributed by atoms with Crippen LogP contribution < -0.4 is 4.74 Å². The summed E-state index contributed by atoms with van der Waals surface area (Å²) in [4.78, 5) is 0. The van der Waals surface area contributed by atoms with Crippen LogP contribution in [-0.4, -0.2) is 0 Å². The molecule has 0 bridgehead atoms. The zero-order valence-corrected chi connectivity index (χ0v) is 17.6. The van der Waals surface area contributed by atoms with Gasteiger partial charge in [-0.2, -0.15) is 14.8 Å². The molecule has 0 spiro atoms. The number of halogens is 5. The summed E-state index contributed by atoms with van der Waals surface area (Å²) in [5, 5.41) is 0. The van der Waals surface area contributed by atoms with Crippen molar-refractivity contribution >= 4 is 0 Å². The van der Waals surface area contributed by atoms with Gasteiger partial charge in [0.05, 0.1) is 0 Å². The molecular formula is C20H18F5OY+2. The number of hydrogen-bond acceptors (Lipinski definition) is 1. The molecule has 1 aliphatic carbocycles. The Balaban J connectivity index is 0.00000261. The van der Waals surface area contributed by atoms with Gasteiger partial charge in [0.1, 0.15) is 17.2 Å². The van der Waals surface area contributed by atoms with Crippen molar-refractivity contribution in [1.82, 2.24) is 0 Å². The maximum absolute atomic E-state index is 14.3. The number of benzene rings is 2. The quantitative estimate of drug-likeness (QED) is 0.385. The molecule has 27 heavy (non-hydrogen) atoms. The van der Waals surface area contributed by atoms with Crippen LogP contribution in [0.1, 0.15) is 49.7 Å². The molecule has 1 saturated carbocycles. The fraction of sp³-hybridized carbons (Fsp3) is 0.400. The summed E-state index contributed by atoms with van der Waals surface area (Å²) < 4.78 is 74.7. The molecule has 2 aromatic rings. The summed E-state index contributed by atoms with van der Waals surface area (Å²) >= 11 is 0. The van der Waals surface area contributed by atoms with E-state index in [4.69, 9.17) is 0 Å². The predicted molar refractivity (Wildman–Crippen MR) is 86.5 cm³/mol. The summed E-state index contributed by atoms with van der Waals surface area (Å²) in [5.41, 5.74) is -1.09. The number of rotatable bonds is 4. The van der Waals surface area contributed by atoms with Crippen LogP contribution in [0.3, 0.4) is 0 Å². The second kappa shape index (κ2) is 9.00. The monoisotopic (exact) mass is 458 g/mol. The Kier molecular flexibility index (Phi) is 7.42. The van der Waals surface area contributed by atoms with Gasteiger partial charge in [-0.1, -0.05) is 25.8 Å². The van der Waals surface area contributed by atoms with Crippen LogP contribution >= 0.6 is 0 Å². The second-order valence-corrected chi connectivity index (χ2v) is 6.81. The summed E-state index contributed by atoms with van der Waals surface area (Å²) in [7, 11) is 0. The molecule has 3 rings (SSSR count). The van der Waals surface area contributed by atoms with Gasteiger partial charge in [0.25, 0.3) is 0 Å². The summed E-state index contributed by atoms with van der Waals surface area (Å²) in [6, 6.07) is 6.78. The molecule has 1 fully saturated rings. The van der Waals surface area contributed by atoms with E-state index in [2.05, 4.69) is 17.7 Å². The van der Waals surface area contributed by atoms with E-state index in [1.54, 1.807) is 0 Å². The molecule has 140 valence electrons. The van der Waals surface area contributed by atoms with Crippen molar-refractivity contribution in [2.45, 2.75) is 44.6 Å². The van der Waals surface area contributed by atoms with Crippen molar-refractivity contribution < 1.29 is 59.4 Å². The minimum atomic E-state index is -4.28. The molecule has 0 amide bonds. The van der Waals surface area contributed by atoms with Gasteiger partial charge >= 0.3 is 38.8 Å². The summed E-state index contributed by atoms with van der Waals surface area (Å²) in [6.45, 7) is 2.11. The summed E-state index contributed by atoms with van der Waals surface area (Å²) in [6.07, 6.45) is -0.864. The first-order valence-electron chi connectivity index (χ1n) is 8.49. The largest absolute Gasteiger partial charge is 3.00 e. The number of hydrogen-bond donors (Lipinski definition) is 0. The van der Waals surface area contributed by atoms with Crippen molar-refractivity contribution in [2.75, 3.05) is 0 Å². The Morgan fingerprint density at radius 2 is 1.59 bits per heavy atom. The first-order valence-corrected chi connectivity index (χ1v) is 8.49. The molecular weight excluding hydrogens is 440 g/mol. The van der Waals surface area contributed by atoms with Crippen molar-refractivity contribution in [3.63, 3.8) is 0 Å². The second-order valence-electron chi connectivity index (χ2n) is 6.81. The fourth-order valence-electron chi connectivity index (χ4n) is 3.38. The van der Waals surface area contributed by atoms with Crippen molar-refractivity contribution in [3.05, 3.63) is 65.0 Å². The van der Waals surface area contributed by atoms with Gasteiger partial charge in [-0.3, -0.25) is 0 Å². The first kappa shape index (κ1) is 22.3.